The number of rotatable bonds is 6. The molecule has 4 saturated heterocycles. The van der Waals surface area contributed by atoms with Crippen LogP contribution in [0.5, 0.6) is 5.75 Å². The van der Waals surface area contributed by atoms with Crippen LogP contribution in [0.25, 0.3) is 11.0 Å². The summed E-state index contributed by atoms with van der Waals surface area (Å²) in [5.74, 6) is -0.115. The van der Waals surface area contributed by atoms with Crippen LogP contribution in [0.1, 0.15) is 58.9 Å². The van der Waals surface area contributed by atoms with Crippen LogP contribution < -0.4 is 30.9 Å². The highest BCUT2D eigenvalue weighted by atomic mass is 16.5. The average molecular weight is 775 g/mol. The van der Waals surface area contributed by atoms with Crippen molar-refractivity contribution in [1.29, 1.82) is 0 Å². The zero-order valence-corrected chi connectivity index (χ0v) is 31.7. The number of nitrogens with one attached hydrogen (secondary N) is 2. The predicted molar refractivity (Wildman–Crippen MR) is 208 cm³/mol. The number of nitrogens with two attached hydrogens (primary N) is 1. The van der Waals surface area contributed by atoms with Crippen molar-refractivity contribution in [2.45, 2.75) is 56.5 Å². The Hall–Kier alpha value is -6.26. The minimum Gasteiger partial charge on any atom is -0.489 e. The number of carbonyl (C=O) groups excluding carboxylic acids is 4. The number of likely N-dealkylation sites (N-methyl/N-ethyl adjacent to an activating group) is 1. The van der Waals surface area contributed by atoms with E-state index in [-0.39, 0.29) is 47.9 Å². The summed E-state index contributed by atoms with van der Waals surface area (Å²) in [7, 11) is 1.83. The molecule has 17 nitrogen and oxygen atoms in total. The number of benzene rings is 2. The van der Waals surface area contributed by atoms with Gasteiger partial charge in [-0.2, -0.15) is 0 Å². The highest BCUT2D eigenvalue weighted by Gasteiger charge is 2.40. The molecule has 0 saturated carbocycles. The number of ether oxygens (including phenoxy) is 1. The van der Waals surface area contributed by atoms with Crippen LogP contribution in [0.2, 0.25) is 0 Å². The number of piperazine rings is 1. The van der Waals surface area contributed by atoms with E-state index in [1.807, 2.05) is 36.2 Å². The van der Waals surface area contributed by atoms with Gasteiger partial charge >= 0.3 is 6.03 Å². The van der Waals surface area contributed by atoms with Gasteiger partial charge in [-0.1, -0.05) is 11.2 Å². The zero-order chi connectivity index (χ0) is 38.9. The minimum atomic E-state index is -0.681. The quantitative estimate of drug-likeness (QED) is 0.191. The minimum absolute atomic E-state index is 0.0452. The molecule has 17 heteroatoms. The summed E-state index contributed by atoms with van der Waals surface area (Å²) in [6.45, 7) is 5.84. The maximum Gasteiger partial charge on any atom is 0.320 e. The molecule has 57 heavy (non-hydrogen) atoms. The fourth-order valence-electron chi connectivity index (χ4n) is 9.49. The highest BCUT2D eigenvalue weighted by molar-refractivity contribution is 6.03. The van der Waals surface area contributed by atoms with Crippen molar-refractivity contribution >= 4 is 63.4 Å². The Morgan fingerprint density at radius 3 is 2.75 bits per heavy atom. The molecule has 10 rings (SSSR count). The van der Waals surface area contributed by atoms with Crippen molar-refractivity contribution in [1.82, 2.24) is 30.2 Å². The fraction of sp³-hybridized carbons (Fsp3) is 0.450. The number of hydrogen-bond donors (Lipinski definition) is 3. The molecular formula is C40H44N11O6+. The first-order valence-electron chi connectivity index (χ1n) is 19.8. The molecule has 4 aromatic rings. The number of fused-ring (bicyclic) bond motifs is 6. The van der Waals surface area contributed by atoms with E-state index >= 15 is 0 Å². The first kappa shape index (κ1) is 35.2. The summed E-state index contributed by atoms with van der Waals surface area (Å²) in [4.78, 5) is 67.0. The van der Waals surface area contributed by atoms with Crippen LogP contribution >= 0.6 is 0 Å². The molecule has 1 unspecified atom stereocenters. The fourth-order valence-corrected chi connectivity index (χ4v) is 9.49. The molecule has 1 aliphatic carbocycles. The van der Waals surface area contributed by atoms with Gasteiger partial charge in [-0.25, -0.2) is 19.3 Å². The van der Waals surface area contributed by atoms with Gasteiger partial charge < -0.3 is 39.9 Å². The lowest BCUT2D eigenvalue weighted by molar-refractivity contribution is -0.537. The lowest BCUT2D eigenvalue weighted by atomic mass is 9.92. The maximum absolute atomic E-state index is 12.7. The number of amides is 5. The second-order valence-electron chi connectivity index (χ2n) is 15.9. The molecule has 4 N–H and O–H groups in total. The number of imide groups is 1. The van der Waals surface area contributed by atoms with Crippen molar-refractivity contribution in [3.63, 3.8) is 0 Å². The molecule has 2 aromatic carbocycles. The number of primary amides is 1. The maximum atomic E-state index is 12.7. The molecule has 0 bridgehead atoms. The van der Waals surface area contributed by atoms with Crippen molar-refractivity contribution in [3.8, 4) is 5.75 Å². The van der Waals surface area contributed by atoms with E-state index in [4.69, 9.17) is 20.0 Å². The lowest BCUT2D eigenvalue weighted by Crippen LogP contribution is -2.55. The molecule has 0 radical (unpaired) electrons. The van der Waals surface area contributed by atoms with Gasteiger partial charge in [0.05, 0.1) is 43.2 Å². The molecule has 0 spiro atoms. The summed E-state index contributed by atoms with van der Waals surface area (Å²) in [5, 5.41) is 10.9. The zero-order valence-electron chi connectivity index (χ0n) is 31.7. The summed E-state index contributed by atoms with van der Waals surface area (Å²) < 4.78 is 14.7. The monoisotopic (exact) mass is 774 g/mol. The van der Waals surface area contributed by atoms with E-state index < -0.39 is 11.8 Å². The van der Waals surface area contributed by atoms with Gasteiger partial charge in [0.1, 0.15) is 29.9 Å². The topological polar surface area (TPSA) is 195 Å². The van der Waals surface area contributed by atoms with Crippen molar-refractivity contribution in [3.05, 3.63) is 59.0 Å². The number of carbonyl (C=O) groups is 4. The second kappa shape index (κ2) is 13.7. The van der Waals surface area contributed by atoms with Gasteiger partial charge in [-0.05, 0) is 43.0 Å². The number of nitrogens with zero attached hydrogens (tertiary/aromatic N) is 8. The van der Waals surface area contributed by atoms with Gasteiger partial charge in [-0.3, -0.25) is 19.7 Å². The largest absolute Gasteiger partial charge is 0.489 e. The third kappa shape index (κ3) is 6.15. The van der Waals surface area contributed by atoms with E-state index in [9.17, 15) is 19.2 Å². The van der Waals surface area contributed by atoms with Crippen LogP contribution in [0.15, 0.2) is 41.1 Å². The van der Waals surface area contributed by atoms with E-state index in [2.05, 4.69) is 41.2 Å². The Kier molecular flexibility index (Phi) is 8.48. The third-order valence-electron chi connectivity index (χ3n) is 12.5. The van der Waals surface area contributed by atoms with Gasteiger partial charge in [0.15, 0.2) is 35.9 Å². The number of piperidine rings is 2. The SMILES string of the molecule is CN1CCN([C@@H]2CCCN(c3cnc(C(N)=O)c(Nc4ccc5c(c4)OC[C@H]4C[N+](=C6Cc7ccc8c(C9CCC(=O)NC9=O)noc8c7C6)CCN54)n3)C2)C1=O. The van der Waals surface area contributed by atoms with Crippen molar-refractivity contribution in [2.24, 2.45) is 5.73 Å². The molecule has 3 atom stereocenters. The Balaban J connectivity index is 0.833. The van der Waals surface area contributed by atoms with Crippen LogP contribution in [0, 0.1) is 0 Å². The molecule has 2 aromatic heterocycles. The van der Waals surface area contributed by atoms with E-state index in [0.29, 0.717) is 43.3 Å². The number of anilines is 4. The summed E-state index contributed by atoms with van der Waals surface area (Å²) in [6, 6.07) is 10.3. The number of hydrogen-bond acceptors (Lipinski definition) is 12. The Bertz CT molecular complexity index is 2390. The Morgan fingerprint density at radius 1 is 1.04 bits per heavy atom. The van der Waals surface area contributed by atoms with Crippen LogP contribution in [-0.2, 0) is 22.4 Å². The number of aromatic nitrogens is 3. The van der Waals surface area contributed by atoms with Gasteiger partial charge in [0.25, 0.3) is 5.91 Å². The molecule has 4 fully saturated rings. The summed E-state index contributed by atoms with van der Waals surface area (Å²) in [6.07, 6.45) is 5.71. The molecule has 6 aliphatic rings. The molecular weight excluding hydrogens is 731 g/mol. The standard InChI is InChI=1S/C40H43N11O6/c1-47-11-13-51(40(47)55)24-3-2-10-49(19-24)32-18-42-35(37(41)53)38(44-32)43-23-5-8-30-31(16-23)56-21-26-20-48(12-14-50(26)30)25-15-22-4-6-27-34(46-57-36(27)29(22)17-25)28-7-9-33(52)45-39(28)54/h4-6,8,16,18,24,26,28H,2-3,7,9-15,17,19-21H2,1H3,(H3-,41,43,44,45,52,53,54)/p+1/t24-,26-,28?/m1/s1. The Labute approximate surface area is 327 Å². The van der Waals surface area contributed by atoms with Gasteiger partial charge in [-0.15, -0.1) is 0 Å². The smallest absolute Gasteiger partial charge is 0.320 e. The van der Waals surface area contributed by atoms with E-state index in [1.54, 1.807) is 11.1 Å². The normalized spacial score (nSPS) is 24.6. The molecule has 7 heterocycles. The van der Waals surface area contributed by atoms with Crippen molar-refractivity contribution < 1.29 is 33.0 Å². The first-order chi connectivity index (χ1) is 27.7. The second-order valence-corrected chi connectivity index (χ2v) is 15.9. The third-order valence-corrected chi connectivity index (χ3v) is 12.5. The molecule has 5 aliphatic heterocycles. The highest BCUT2D eigenvalue weighted by Crippen LogP contribution is 2.39. The van der Waals surface area contributed by atoms with Crippen molar-refractivity contribution in [2.75, 3.05) is 74.6 Å². The Morgan fingerprint density at radius 2 is 1.93 bits per heavy atom. The molecule has 294 valence electrons. The van der Waals surface area contributed by atoms with E-state index in [0.717, 1.165) is 86.4 Å². The predicted octanol–water partition coefficient (Wildman–Crippen LogP) is 2.15. The summed E-state index contributed by atoms with van der Waals surface area (Å²) in [5.41, 5.74) is 12.5. The van der Waals surface area contributed by atoms with E-state index in [1.165, 1.54) is 11.3 Å². The first-order valence-corrected chi connectivity index (χ1v) is 19.8. The van der Waals surface area contributed by atoms with Crippen LogP contribution in [0.3, 0.4) is 0 Å². The molecule has 5 amide bonds. The van der Waals surface area contributed by atoms with Gasteiger partial charge in [0.2, 0.25) is 11.8 Å². The summed E-state index contributed by atoms with van der Waals surface area (Å²) >= 11 is 0. The lowest BCUT2D eigenvalue weighted by Gasteiger charge is -2.40. The van der Waals surface area contributed by atoms with Crippen LogP contribution in [0.4, 0.5) is 27.8 Å². The average Bonchev–Trinajstić information content (AvgIpc) is 3.94. The van der Waals surface area contributed by atoms with Crippen LogP contribution in [-0.4, -0.2) is 131 Å². The number of urea groups is 1. The van der Waals surface area contributed by atoms with Gasteiger partial charge in [0, 0.05) is 62.4 Å².